The number of hydrogen-bond donors (Lipinski definition) is 1. The molecule has 0 radical (unpaired) electrons. The molecule has 0 bridgehead atoms. The molecule has 25 heavy (non-hydrogen) atoms. The molecule has 1 amide bonds. The largest absolute Gasteiger partial charge is 0.312 e. The molecule has 1 aliphatic rings. The number of amides is 1. The molecule has 1 heterocycles. The molecule has 1 unspecified atom stereocenters. The minimum Gasteiger partial charge on any atom is -0.312 e. The number of halogens is 1. The second-order valence-electron chi connectivity index (χ2n) is 6.09. The monoisotopic (exact) mass is 422 g/mol. The van der Waals surface area contributed by atoms with E-state index in [-0.39, 0.29) is 16.8 Å². The molecular formula is C18H19BrN2O3S. The molecule has 0 aromatic heterocycles. The van der Waals surface area contributed by atoms with Crippen LogP contribution in [0.3, 0.4) is 0 Å². The van der Waals surface area contributed by atoms with Crippen LogP contribution in [0, 0.1) is 0 Å². The lowest BCUT2D eigenvalue weighted by Gasteiger charge is -2.18. The Morgan fingerprint density at radius 3 is 2.56 bits per heavy atom. The SMILES string of the molecule is CC(=O)N1CCc2cc(Br)c(S(=O)(=O)NC(C)c3ccccc3)cc21. The van der Waals surface area contributed by atoms with Gasteiger partial charge in [-0.2, -0.15) is 0 Å². The molecule has 1 aliphatic heterocycles. The van der Waals surface area contributed by atoms with Gasteiger partial charge in [0.1, 0.15) is 0 Å². The van der Waals surface area contributed by atoms with Crippen LogP contribution in [0.4, 0.5) is 5.69 Å². The summed E-state index contributed by atoms with van der Waals surface area (Å²) in [5.74, 6) is -0.0879. The Bertz CT molecular complexity index is 913. The zero-order chi connectivity index (χ0) is 18.2. The Labute approximate surface area is 156 Å². The third-order valence-corrected chi connectivity index (χ3v) is 6.83. The molecule has 0 spiro atoms. The van der Waals surface area contributed by atoms with E-state index in [1.165, 1.54) is 6.92 Å². The number of benzene rings is 2. The van der Waals surface area contributed by atoms with E-state index in [0.717, 1.165) is 17.5 Å². The third kappa shape index (κ3) is 3.63. The van der Waals surface area contributed by atoms with Gasteiger partial charge in [0, 0.05) is 29.7 Å². The Balaban J connectivity index is 1.95. The lowest BCUT2D eigenvalue weighted by atomic mass is 10.1. The highest BCUT2D eigenvalue weighted by Crippen LogP contribution is 2.35. The van der Waals surface area contributed by atoms with Crippen LogP contribution >= 0.6 is 15.9 Å². The summed E-state index contributed by atoms with van der Waals surface area (Å²) in [4.78, 5) is 13.5. The summed E-state index contributed by atoms with van der Waals surface area (Å²) in [6, 6.07) is 12.4. The molecule has 3 rings (SSSR count). The average Bonchev–Trinajstić information content (AvgIpc) is 2.97. The summed E-state index contributed by atoms with van der Waals surface area (Å²) in [7, 11) is -3.74. The summed E-state index contributed by atoms with van der Waals surface area (Å²) in [6.07, 6.45) is 0.724. The molecular weight excluding hydrogens is 404 g/mol. The number of fused-ring (bicyclic) bond motifs is 1. The van der Waals surface area contributed by atoms with Crippen molar-refractivity contribution in [2.75, 3.05) is 11.4 Å². The van der Waals surface area contributed by atoms with Gasteiger partial charge in [-0.15, -0.1) is 0 Å². The molecule has 7 heteroatoms. The number of hydrogen-bond acceptors (Lipinski definition) is 3. The number of nitrogens with one attached hydrogen (secondary N) is 1. The number of anilines is 1. The van der Waals surface area contributed by atoms with Gasteiger partial charge in [0.25, 0.3) is 0 Å². The van der Waals surface area contributed by atoms with E-state index in [1.54, 1.807) is 24.0 Å². The standard InChI is InChI=1S/C18H19BrN2O3S/c1-12(14-6-4-3-5-7-14)20-25(23,24)18-11-17-15(10-16(18)19)8-9-21(17)13(2)22/h3-7,10-12,20H,8-9H2,1-2H3. The zero-order valence-electron chi connectivity index (χ0n) is 14.0. The molecule has 2 aromatic rings. The summed E-state index contributed by atoms with van der Waals surface area (Å²) >= 11 is 3.37. The zero-order valence-corrected chi connectivity index (χ0v) is 16.4. The molecule has 132 valence electrons. The van der Waals surface area contributed by atoms with Crippen LogP contribution in [-0.4, -0.2) is 20.9 Å². The van der Waals surface area contributed by atoms with Crippen molar-refractivity contribution in [3.05, 3.63) is 58.1 Å². The highest BCUT2D eigenvalue weighted by molar-refractivity contribution is 9.10. The van der Waals surface area contributed by atoms with Gasteiger partial charge in [0.2, 0.25) is 15.9 Å². The lowest BCUT2D eigenvalue weighted by Crippen LogP contribution is -2.28. The van der Waals surface area contributed by atoms with E-state index in [1.807, 2.05) is 30.3 Å². The van der Waals surface area contributed by atoms with Crippen molar-refractivity contribution in [2.24, 2.45) is 0 Å². The highest BCUT2D eigenvalue weighted by atomic mass is 79.9. The van der Waals surface area contributed by atoms with Crippen LogP contribution in [0.5, 0.6) is 0 Å². The summed E-state index contributed by atoms with van der Waals surface area (Å²) in [5, 5.41) is 0. The predicted octanol–water partition coefficient (Wildman–Crippen LogP) is 3.40. The molecule has 1 N–H and O–H groups in total. The van der Waals surface area contributed by atoms with Crippen LogP contribution in [0.15, 0.2) is 51.8 Å². The number of sulfonamides is 1. The van der Waals surface area contributed by atoms with Gasteiger partial charge in [-0.25, -0.2) is 13.1 Å². The van der Waals surface area contributed by atoms with Gasteiger partial charge in [0.05, 0.1) is 4.90 Å². The van der Waals surface area contributed by atoms with E-state index >= 15 is 0 Å². The fraction of sp³-hybridized carbons (Fsp3) is 0.278. The number of carbonyl (C=O) groups excluding carboxylic acids is 1. The Morgan fingerprint density at radius 1 is 1.24 bits per heavy atom. The van der Waals surface area contributed by atoms with Crippen molar-refractivity contribution in [1.29, 1.82) is 0 Å². The second-order valence-corrected chi connectivity index (χ2v) is 8.62. The maximum absolute atomic E-state index is 12.9. The van der Waals surface area contributed by atoms with Gasteiger partial charge < -0.3 is 4.90 Å². The Kier molecular flexibility index (Phi) is 4.99. The van der Waals surface area contributed by atoms with Crippen molar-refractivity contribution < 1.29 is 13.2 Å². The maximum Gasteiger partial charge on any atom is 0.242 e. The number of nitrogens with zero attached hydrogens (tertiary/aromatic N) is 1. The smallest absolute Gasteiger partial charge is 0.242 e. The first-order valence-electron chi connectivity index (χ1n) is 7.97. The van der Waals surface area contributed by atoms with Crippen LogP contribution in [-0.2, 0) is 21.2 Å². The topological polar surface area (TPSA) is 66.5 Å². The molecule has 0 saturated carbocycles. The minimum atomic E-state index is -3.74. The van der Waals surface area contributed by atoms with Crippen molar-refractivity contribution in [1.82, 2.24) is 4.72 Å². The average molecular weight is 423 g/mol. The molecule has 2 aromatic carbocycles. The van der Waals surface area contributed by atoms with E-state index < -0.39 is 10.0 Å². The fourth-order valence-electron chi connectivity index (χ4n) is 3.03. The molecule has 5 nitrogen and oxygen atoms in total. The van der Waals surface area contributed by atoms with Gasteiger partial charge in [-0.05, 0) is 52.5 Å². The first-order chi connectivity index (χ1) is 11.8. The molecule has 1 atom stereocenters. The Hall–Kier alpha value is -1.70. The number of carbonyl (C=O) groups is 1. The first-order valence-corrected chi connectivity index (χ1v) is 10.2. The summed E-state index contributed by atoms with van der Waals surface area (Å²) in [6.45, 7) is 3.87. The van der Waals surface area contributed by atoms with Gasteiger partial charge in [-0.1, -0.05) is 30.3 Å². The van der Waals surface area contributed by atoms with Gasteiger partial charge in [-0.3, -0.25) is 4.79 Å². The molecule has 0 aliphatic carbocycles. The highest BCUT2D eigenvalue weighted by Gasteiger charge is 2.28. The number of rotatable bonds is 4. The fourth-order valence-corrected chi connectivity index (χ4v) is 5.37. The van der Waals surface area contributed by atoms with Gasteiger partial charge >= 0.3 is 0 Å². The molecule has 0 saturated heterocycles. The van der Waals surface area contributed by atoms with E-state index in [2.05, 4.69) is 20.7 Å². The van der Waals surface area contributed by atoms with Crippen LogP contribution in [0.1, 0.15) is 31.0 Å². The van der Waals surface area contributed by atoms with E-state index in [4.69, 9.17) is 0 Å². The quantitative estimate of drug-likeness (QED) is 0.820. The maximum atomic E-state index is 12.9. The first kappa shape index (κ1) is 18.1. The summed E-state index contributed by atoms with van der Waals surface area (Å²) in [5.41, 5.74) is 2.52. The third-order valence-electron chi connectivity index (χ3n) is 4.33. The lowest BCUT2D eigenvalue weighted by molar-refractivity contribution is -0.116. The molecule has 0 fully saturated rings. The second kappa shape index (κ2) is 6.90. The Morgan fingerprint density at radius 2 is 1.92 bits per heavy atom. The van der Waals surface area contributed by atoms with Crippen molar-refractivity contribution in [3.8, 4) is 0 Å². The van der Waals surface area contributed by atoms with E-state index in [9.17, 15) is 13.2 Å². The van der Waals surface area contributed by atoms with Crippen molar-refractivity contribution in [3.63, 3.8) is 0 Å². The predicted molar refractivity (Wildman–Crippen MR) is 101 cm³/mol. The van der Waals surface area contributed by atoms with Crippen LogP contribution in [0.25, 0.3) is 0 Å². The summed E-state index contributed by atoms with van der Waals surface area (Å²) < 4.78 is 28.9. The van der Waals surface area contributed by atoms with E-state index in [0.29, 0.717) is 16.7 Å². The van der Waals surface area contributed by atoms with Gasteiger partial charge in [0.15, 0.2) is 0 Å². The normalized spacial score (nSPS) is 15.1. The minimum absolute atomic E-state index is 0.0879. The van der Waals surface area contributed by atoms with Crippen LogP contribution in [0.2, 0.25) is 0 Å². The van der Waals surface area contributed by atoms with Crippen molar-refractivity contribution >= 4 is 37.5 Å². The van der Waals surface area contributed by atoms with Crippen LogP contribution < -0.4 is 9.62 Å². The van der Waals surface area contributed by atoms with Crippen molar-refractivity contribution in [2.45, 2.75) is 31.2 Å².